The molecule has 1 aliphatic carbocycles. The number of halogens is 3. The summed E-state index contributed by atoms with van der Waals surface area (Å²) in [5, 5.41) is 0. The number of hydrogen-bond acceptors (Lipinski definition) is 4. The predicted octanol–water partition coefficient (Wildman–Crippen LogP) is 5.38. The minimum Gasteiger partial charge on any atom is -0.496 e. The lowest BCUT2D eigenvalue weighted by Gasteiger charge is -2.18. The molecule has 4 nitrogen and oxygen atoms in total. The zero-order valence-electron chi connectivity index (χ0n) is 15.6. The van der Waals surface area contributed by atoms with E-state index in [9.17, 15) is 18.0 Å². The van der Waals surface area contributed by atoms with Crippen molar-refractivity contribution in [1.82, 2.24) is 4.98 Å². The number of aromatic nitrogens is 1. The molecule has 1 heterocycles. The van der Waals surface area contributed by atoms with Crippen LogP contribution in [-0.4, -0.2) is 24.7 Å². The minimum atomic E-state index is -4.50. The van der Waals surface area contributed by atoms with E-state index >= 15 is 0 Å². The van der Waals surface area contributed by atoms with Gasteiger partial charge in [-0.05, 0) is 61.1 Å². The molecule has 0 unspecified atom stereocenters. The Hall–Kier alpha value is -2.83. The number of esters is 1. The Morgan fingerprint density at radius 1 is 1.18 bits per heavy atom. The van der Waals surface area contributed by atoms with Crippen molar-refractivity contribution < 1.29 is 27.4 Å². The number of ether oxygens (including phenoxy) is 2. The summed E-state index contributed by atoms with van der Waals surface area (Å²) in [4.78, 5) is 16.1. The second kappa shape index (κ2) is 8.04. The van der Waals surface area contributed by atoms with Crippen LogP contribution in [-0.2, 0) is 10.9 Å². The zero-order chi connectivity index (χ0) is 20.3. The number of methoxy groups -OCH3 is 1. The molecule has 2 aromatic rings. The van der Waals surface area contributed by atoms with E-state index < -0.39 is 17.7 Å². The fraction of sp³-hybridized carbons (Fsp3) is 0.333. The number of pyridine rings is 1. The van der Waals surface area contributed by atoms with Crippen molar-refractivity contribution >= 4 is 17.1 Å². The highest BCUT2D eigenvalue weighted by atomic mass is 19.4. The first-order valence-corrected chi connectivity index (χ1v) is 8.96. The summed E-state index contributed by atoms with van der Waals surface area (Å²) >= 11 is 0. The van der Waals surface area contributed by atoms with Crippen molar-refractivity contribution in [3.63, 3.8) is 0 Å². The third kappa shape index (κ3) is 3.88. The van der Waals surface area contributed by atoms with E-state index in [1.54, 1.807) is 19.2 Å². The van der Waals surface area contributed by atoms with E-state index in [4.69, 9.17) is 9.47 Å². The van der Waals surface area contributed by atoms with Gasteiger partial charge >= 0.3 is 12.1 Å². The van der Waals surface area contributed by atoms with Gasteiger partial charge in [-0.15, -0.1) is 0 Å². The van der Waals surface area contributed by atoms with Gasteiger partial charge in [-0.25, -0.2) is 4.79 Å². The molecule has 1 aromatic carbocycles. The predicted molar refractivity (Wildman–Crippen MR) is 98.9 cm³/mol. The quantitative estimate of drug-likeness (QED) is 0.642. The van der Waals surface area contributed by atoms with Gasteiger partial charge in [-0.1, -0.05) is 6.07 Å². The topological polar surface area (TPSA) is 48.4 Å². The molecular formula is C21H20F3NO3. The van der Waals surface area contributed by atoms with Crippen molar-refractivity contribution in [3.05, 3.63) is 58.9 Å². The van der Waals surface area contributed by atoms with Crippen LogP contribution in [0, 0.1) is 0 Å². The fourth-order valence-corrected chi connectivity index (χ4v) is 3.52. The molecule has 0 atom stereocenters. The number of rotatable bonds is 5. The van der Waals surface area contributed by atoms with Crippen molar-refractivity contribution in [1.29, 1.82) is 0 Å². The van der Waals surface area contributed by atoms with Gasteiger partial charge < -0.3 is 9.47 Å². The first-order valence-electron chi connectivity index (χ1n) is 8.96. The van der Waals surface area contributed by atoms with Gasteiger partial charge in [-0.2, -0.15) is 13.2 Å². The lowest BCUT2D eigenvalue weighted by Crippen LogP contribution is -2.10. The van der Waals surface area contributed by atoms with Crippen molar-refractivity contribution in [3.8, 4) is 5.75 Å². The molecule has 0 saturated heterocycles. The van der Waals surface area contributed by atoms with Crippen molar-refractivity contribution in [2.45, 2.75) is 32.4 Å². The third-order valence-electron chi connectivity index (χ3n) is 4.67. The molecule has 1 aliphatic rings. The summed E-state index contributed by atoms with van der Waals surface area (Å²) in [5.74, 6) is -0.330. The molecule has 0 aliphatic heterocycles. The summed E-state index contributed by atoms with van der Waals surface area (Å²) in [6.07, 6.45) is 0.243. The Morgan fingerprint density at radius 3 is 2.61 bits per heavy atom. The summed E-state index contributed by atoms with van der Waals surface area (Å²) in [6.45, 7) is 1.93. The van der Waals surface area contributed by atoms with Gasteiger partial charge in [0.05, 0.1) is 24.8 Å². The number of alkyl halides is 3. The SMILES string of the molecule is CCOC(=O)c1cncc(C2=C(c3c(OC)cccc3C(F)(F)F)CCC2)c1. The average Bonchev–Trinajstić information content (AvgIpc) is 3.16. The molecule has 28 heavy (non-hydrogen) atoms. The first kappa shape index (κ1) is 19.9. The van der Waals surface area contributed by atoms with Crippen LogP contribution in [0.15, 0.2) is 36.7 Å². The molecule has 3 rings (SSSR count). The second-order valence-electron chi connectivity index (χ2n) is 6.37. The van der Waals surface area contributed by atoms with Crippen LogP contribution < -0.4 is 4.74 Å². The highest BCUT2D eigenvalue weighted by molar-refractivity contribution is 5.97. The number of benzene rings is 1. The molecule has 7 heteroatoms. The van der Waals surface area contributed by atoms with Gasteiger partial charge in [0.25, 0.3) is 0 Å². The Bertz CT molecular complexity index is 919. The van der Waals surface area contributed by atoms with Crippen LogP contribution >= 0.6 is 0 Å². The molecule has 0 saturated carbocycles. The second-order valence-corrected chi connectivity index (χ2v) is 6.37. The van der Waals surface area contributed by atoms with E-state index in [0.29, 0.717) is 30.4 Å². The standard InChI is InChI=1S/C21H20F3NO3/c1-3-28-20(26)14-10-13(11-25-12-14)15-6-4-7-16(15)19-17(21(22,23)24)8-5-9-18(19)27-2/h5,8-12H,3-4,6-7H2,1-2H3. The number of allylic oxidation sites excluding steroid dienone is 2. The Kier molecular flexibility index (Phi) is 5.72. The van der Waals surface area contributed by atoms with Crippen molar-refractivity contribution in [2.75, 3.05) is 13.7 Å². The first-order chi connectivity index (χ1) is 13.4. The maximum absolute atomic E-state index is 13.7. The fourth-order valence-electron chi connectivity index (χ4n) is 3.52. The maximum atomic E-state index is 13.7. The number of carbonyl (C=O) groups excluding carboxylic acids is 1. The summed E-state index contributed by atoms with van der Waals surface area (Å²) in [5.41, 5.74) is 1.55. The number of nitrogens with zero attached hydrogens (tertiary/aromatic N) is 1. The van der Waals surface area contributed by atoms with Crippen LogP contribution in [0.4, 0.5) is 13.2 Å². The summed E-state index contributed by atoms with van der Waals surface area (Å²) in [7, 11) is 1.36. The molecular weight excluding hydrogens is 371 g/mol. The molecule has 0 amide bonds. The van der Waals surface area contributed by atoms with Crippen LogP contribution in [0.25, 0.3) is 11.1 Å². The van der Waals surface area contributed by atoms with E-state index in [0.717, 1.165) is 11.6 Å². The van der Waals surface area contributed by atoms with Gasteiger partial charge in [0, 0.05) is 18.0 Å². The lowest BCUT2D eigenvalue weighted by atomic mass is 9.92. The summed E-state index contributed by atoms with van der Waals surface area (Å²) in [6, 6.07) is 5.55. The molecule has 0 N–H and O–H groups in total. The molecule has 0 bridgehead atoms. The zero-order valence-corrected chi connectivity index (χ0v) is 15.6. The molecule has 0 fully saturated rings. The van der Waals surface area contributed by atoms with Gasteiger partial charge in [-0.3, -0.25) is 4.98 Å². The van der Waals surface area contributed by atoms with Gasteiger partial charge in [0.2, 0.25) is 0 Å². The minimum absolute atomic E-state index is 0.0616. The Labute approximate surface area is 161 Å². The molecule has 1 aromatic heterocycles. The lowest BCUT2D eigenvalue weighted by molar-refractivity contribution is -0.137. The van der Waals surface area contributed by atoms with Crippen LogP contribution in [0.5, 0.6) is 5.75 Å². The molecule has 0 radical (unpaired) electrons. The third-order valence-corrected chi connectivity index (χ3v) is 4.67. The van der Waals surface area contributed by atoms with Crippen molar-refractivity contribution in [2.24, 2.45) is 0 Å². The molecule has 148 valence electrons. The summed E-state index contributed by atoms with van der Waals surface area (Å²) < 4.78 is 51.2. The van der Waals surface area contributed by atoms with Crippen LogP contribution in [0.3, 0.4) is 0 Å². The Balaban J connectivity index is 2.17. The monoisotopic (exact) mass is 391 g/mol. The maximum Gasteiger partial charge on any atom is 0.417 e. The van der Waals surface area contributed by atoms with E-state index in [1.807, 2.05) is 0 Å². The van der Waals surface area contributed by atoms with E-state index in [2.05, 4.69) is 4.98 Å². The van der Waals surface area contributed by atoms with E-state index in [-0.39, 0.29) is 23.5 Å². The largest absolute Gasteiger partial charge is 0.496 e. The van der Waals surface area contributed by atoms with E-state index in [1.165, 1.54) is 25.4 Å². The highest BCUT2D eigenvalue weighted by Crippen LogP contribution is 2.47. The normalized spacial score (nSPS) is 14.3. The van der Waals surface area contributed by atoms with Crippen LogP contribution in [0.2, 0.25) is 0 Å². The number of hydrogen-bond donors (Lipinski definition) is 0. The van der Waals surface area contributed by atoms with Gasteiger partial charge in [0.15, 0.2) is 0 Å². The molecule has 0 spiro atoms. The van der Waals surface area contributed by atoms with Crippen LogP contribution in [0.1, 0.15) is 53.2 Å². The average molecular weight is 391 g/mol. The number of carbonyl (C=O) groups is 1. The van der Waals surface area contributed by atoms with Gasteiger partial charge in [0.1, 0.15) is 5.75 Å². The smallest absolute Gasteiger partial charge is 0.417 e. The highest BCUT2D eigenvalue weighted by Gasteiger charge is 2.37. The Morgan fingerprint density at radius 2 is 1.93 bits per heavy atom.